The molecule has 8 nitrogen and oxygen atoms in total. The summed E-state index contributed by atoms with van der Waals surface area (Å²) in [5.41, 5.74) is 0.101. The number of rotatable bonds is 7. The fourth-order valence-corrected chi connectivity index (χ4v) is 3.50. The minimum absolute atomic E-state index is 0.0394. The summed E-state index contributed by atoms with van der Waals surface area (Å²) in [5, 5.41) is 5.16. The Morgan fingerprint density at radius 1 is 1.21 bits per heavy atom. The van der Waals surface area contributed by atoms with Gasteiger partial charge in [0.25, 0.3) is 5.91 Å². The van der Waals surface area contributed by atoms with E-state index in [1.807, 2.05) is 0 Å². The summed E-state index contributed by atoms with van der Waals surface area (Å²) in [4.78, 5) is 36.1. The molecule has 0 aliphatic heterocycles. The Hall–Kier alpha value is -2.48. The van der Waals surface area contributed by atoms with Crippen LogP contribution < -0.4 is 20.1 Å². The van der Waals surface area contributed by atoms with Gasteiger partial charge >= 0.3 is 12.0 Å². The lowest BCUT2D eigenvalue weighted by Crippen LogP contribution is -2.48. The molecule has 2 N–H and O–H groups in total. The molecule has 0 unspecified atom stereocenters. The zero-order chi connectivity index (χ0) is 21.4. The van der Waals surface area contributed by atoms with Gasteiger partial charge in [-0.1, -0.05) is 31.4 Å². The quantitative estimate of drug-likeness (QED) is 0.648. The van der Waals surface area contributed by atoms with Gasteiger partial charge in [-0.25, -0.2) is 9.59 Å². The Kier molecular flexibility index (Phi) is 8.57. The highest BCUT2D eigenvalue weighted by molar-refractivity contribution is 6.32. The number of urea groups is 1. The molecule has 1 aliphatic carbocycles. The molecule has 9 heteroatoms. The lowest BCUT2D eigenvalue weighted by atomic mass is 9.86. The van der Waals surface area contributed by atoms with Crippen LogP contribution in [0.3, 0.4) is 0 Å². The Morgan fingerprint density at radius 3 is 2.59 bits per heavy atom. The van der Waals surface area contributed by atoms with Gasteiger partial charge in [-0.15, -0.1) is 0 Å². The number of carbonyl (C=O) groups is 3. The Morgan fingerprint density at radius 2 is 1.93 bits per heavy atom. The summed E-state index contributed by atoms with van der Waals surface area (Å²) in [6.07, 6.45) is 4.13. The maximum Gasteiger partial charge on any atom is 0.338 e. The topological polar surface area (TPSA) is 103 Å². The molecule has 160 valence electrons. The van der Waals surface area contributed by atoms with Crippen molar-refractivity contribution in [3.05, 3.63) is 22.7 Å². The molecule has 0 aromatic heterocycles. The van der Waals surface area contributed by atoms with E-state index in [2.05, 4.69) is 17.6 Å². The van der Waals surface area contributed by atoms with E-state index in [-0.39, 0.29) is 22.4 Å². The molecule has 1 aromatic carbocycles. The van der Waals surface area contributed by atoms with Crippen molar-refractivity contribution in [3.8, 4) is 11.5 Å². The number of benzene rings is 1. The number of ether oxygens (including phenoxy) is 3. The number of hydrogen-bond acceptors (Lipinski definition) is 6. The van der Waals surface area contributed by atoms with Crippen LogP contribution in [0.15, 0.2) is 12.1 Å². The van der Waals surface area contributed by atoms with Crippen molar-refractivity contribution in [2.75, 3.05) is 20.3 Å². The van der Waals surface area contributed by atoms with Crippen molar-refractivity contribution in [1.82, 2.24) is 10.6 Å². The summed E-state index contributed by atoms with van der Waals surface area (Å²) >= 11 is 6.13. The number of amides is 3. The summed E-state index contributed by atoms with van der Waals surface area (Å²) in [6.45, 7) is 3.65. The smallest absolute Gasteiger partial charge is 0.338 e. The first kappa shape index (κ1) is 22.8. The maximum absolute atomic E-state index is 12.2. The third-order valence-electron chi connectivity index (χ3n) is 4.77. The van der Waals surface area contributed by atoms with Crippen LogP contribution in [0.2, 0.25) is 5.02 Å². The van der Waals surface area contributed by atoms with Crippen LogP contribution >= 0.6 is 11.6 Å². The molecule has 1 aromatic rings. The summed E-state index contributed by atoms with van der Waals surface area (Å²) in [5.74, 6) is -0.536. The van der Waals surface area contributed by atoms with E-state index in [1.165, 1.54) is 19.2 Å². The number of halogens is 1. The number of nitrogens with one attached hydrogen (secondary N) is 2. The Labute approximate surface area is 175 Å². The molecule has 0 spiro atoms. The van der Waals surface area contributed by atoms with Crippen LogP contribution in [0.5, 0.6) is 11.5 Å². The fourth-order valence-electron chi connectivity index (χ4n) is 3.23. The number of esters is 1. The highest BCUT2D eigenvalue weighted by Crippen LogP contribution is 2.36. The molecule has 1 saturated carbocycles. The average Bonchev–Trinajstić information content (AvgIpc) is 2.69. The van der Waals surface area contributed by atoms with E-state index in [9.17, 15) is 14.4 Å². The molecule has 1 aliphatic rings. The van der Waals surface area contributed by atoms with Gasteiger partial charge in [0.15, 0.2) is 18.1 Å². The monoisotopic (exact) mass is 426 g/mol. The highest BCUT2D eigenvalue weighted by Gasteiger charge is 2.24. The van der Waals surface area contributed by atoms with E-state index in [0.717, 1.165) is 25.7 Å². The second-order valence-electron chi connectivity index (χ2n) is 6.89. The largest absolute Gasteiger partial charge is 0.493 e. The van der Waals surface area contributed by atoms with Gasteiger partial charge in [0.1, 0.15) is 0 Å². The molecule has 0 saturated heterocycles. The first-order valence-electron chi connectivity index (χ1n) is 9.63. The molecule has 3 amide bonds. The first-order chi connectivity index (χ1) is 13.8. The number of carbonyl (C=O) groups excluding carboxylic acids is 3. The van der Waals surface area contributed by atoms with Crippen LogP contribution in [0.4, 0.5) is 4.79 Å². The second-order valence-corrected chi connectivity index (χ2v) is 7.30. The number of methoxy groups -OCH3 is 1. The molecule has 2 rings (SSSR count). The zero-order valence-corrected chi connectivity index (χ0v) is 17.6. The van der Waals surface area contributed by atoms with E-state index in [4.69, 9.17) is 25.8 Å². The molecule has 29 heavy (non-hydrogen) atoms. The van der Waals surface area contributed by atoms with Gasteiger partial charge in [-0.05, 0) is 37.8 Å². The van der Waals surface area contributed by atoms with Gasteiger partial charge < -0.3 is 19.5 Å². The molecule has 0 bridgehead atoms. The van der Waals surface area contributed by atoms with E-state index in [0.29, 0.717) is 18.3 Å². The molecule has 0 heterocycles. The van der Waals surface area contributed by atoms with Crippen LogP contribution in [-0.4, -0.2) is 44.3 Å². The van der Waals surface area contributed by atoms with Gasteiger partial charge in [-0.2, -0.15) is 0 Å². The third-order valence-corrected chi connectivity index (χ3v) is 5.05. The molecule has 2 atom stereocenters. The van der Waals surface area contributed by atoms with Crippen molar-refractivity contribution in [3.63, 3.8) is 0 Å². The predicted octanol–water partition coefficient (Wildman–Crippen LogP) is 3.31. The Bertz CT molecular complexity index is 755. The fraction of sp³-hybridized carbons (Fsp3) is 0.550. The average molecular weight is 427 g/mol. The normalized spacial score (nSPS) is 18.5. The molecular weight excluding hydrogens is 400 g/mol. The van der Waals surface area contributed by atoms with E-state index >= 15 is 0 Å². The van der Waals surface area contributed by atoms with E-state index < -0.39 is 24.5 Å². The summed E-state index contributed by atoms with van der Waals surface area (Å²) in [7, 11) is 1.42. The van der Waals surface area contributed by atoms with Crippen LogP contribution in [0.1, 0.15) is 49.9 Å². The maximum atomic E-state index is 12.2. The minimum atomic E-state index is -0.773. The van der Waals surface area contributed by atoms with Crippen molar-refractivity contribution < 1.29 is 28.6 Å². The van der Waals surface area contributed by atoms with E-state index in [1.54, 1.807) is 6.92 Å². The standard InChI is InChI=1S/C20H27ClN2O6/c1-4-28-18-14(21)9-13(10-16(18)27-3)19(25)29-11-17(24)23-20(26)22-15-8-6-5-7-12(15)2/h9-10,12,15H,4-8,11H2,1-3H3,(H2,22,23,24,26)/t12-,15-/m1/s1. The van der Waals surface area contributed by atoms with Gasteiger partial charge in [0.2, 0.25) is 0 Å². The summed E-state index contributed by atoms with van der Waals surface area (Å²) < 4.78 is 15.5. The van der Waals surface area contributed by atoms with Crippen molar-refractivity contribution in [1.29, 1.82) is 0 Å². The van der Waals surface area contributed by atoms with Gasteiger partial charge in [-0.3, -0.25) is 10.1 Å². The van der Waals surface area contributed by atoms with Crippen LogP contribution in [0, 0.1) is 5.92 Å². The van der Waals surface area contributed by atoms with Gasteiger partial charge in [0.05, 0.1) is 24.3 Å². The van der Waals surface area contributed by atoms with Crippen molar-refractivity contribution >= 4 is 29.5 Å². The minimum Gasteiger partial charge on any atom is -0.493 e. The molecular formula is C20H27ClN2O6. The van der Waals surface area contributed by atoms with Crippen molar-refractivity contribution in [2.24, 2.45) is 5.92 Å². The Balaban J connectivity index is 1.87. The molecule has 0 radical (unpaired) electrons. The predicted molar refractivity (Wildman–Crippen MR) is 108 cm³/mol. The number of imide groups is 1. The number of hydrogen-bond donors (Lipinski definition) is 2. The highest BCUT2D eigenvalue weighted by atomic mass is 35.5. The third kappa shape index (κ3) is 6.52. The second kappa shape index (κ2) is 10.9. The van der Waals surface area contributed by atoms with Crippen molar-refractivity contribution in [2.45, 2.75) is 45.6 Å². The summed E-state index contributed by atoms with van der Waals surface area (Å²) in [6, 6.07) is 2.23. The first-order valence-corrected chi connectivity index (χ1v) is 10.0. The lowest BCUT2D eigenvalue weighted by Gasteiger charge is -2.29. The zero-order valence-electron chi connectivity index (χ0n) is 16.9. The van der Waals surface area contributed by atoms with Gasteiger partial charge in [0, 0.05) is 6.04 Å². The lowest BCUT2D eigenvalue weighted by molar-refractivity contribution is -0.123. The van der Waals surface area contributed by atoms with Crippen LogP contribution in [-0.2, 0) is 9.53 Å². The van der Waals surface area contributed by atoms with Crippen LogP contribution in [0.25, 0.3) is 0 Å². The SMILES string of the molecule is CCOc1c(Cl)cc(C(=O)OCC(=O)NC(=O)N[C@@H]2CCCC[C@H]2C)cc1OC. The molecule has 1 fully saturated rings.